The van der Waals surface area contributed by atoms with Crippen LogP contribution in [0.15, 0.2) is 182 Å². The molecule has 4 heterocycles. The maximum atomic E-state index is 5.21. The normalized spacial score (nSPS) is 11.9. The van der Waals surface area contributed by atoms with E-state index in [9.17, 15) is 0 Å². The summed E-state index contributed by atoms with van der Waals surface area (Å²) in [6, 6.07) is 65.3. The van der Waals surface area contributed by atoms with Crippen molar-refractivity contribution in [1.82, 2.24) is 18.7 Å². The van der Waals surface area contributed by atoms with Gasteiger partial charge in [-0.3, -0.25) is 4.57 Å². The van der Waals surface area contributed by atoms with Crippen molar-refractivity contribution in [2.75, 3.05) is 0 Å². The molecular weight excluding hydrogens is 621 g/mol. The summed E-state index contributed by atoms with van der Waals surface area (Å²) in [5, 5.41) is 7.36. The average Bonchev–Trinajstić information content (AvgIpc) is 3.83. The number of nitrogens with zero attached hydrogens (tertiary/aromatic N) is 4. The van der Waals surface area contributed by atoms with Crippen LogP contribution in [0.25, 0.3) is 93.9 Å². The van der Waals surface area contributed by atoms with Crippen LogP contribution in [0.4, 0.5) is 0 Å². The third-order valence-electron chi connectivity index (χ3n) is 10.4. The Morgan fingerprint density at radius 1 is 0.294 bits per heavy atom. The molecular formula is C47H30N4. The number of benzene rings is 7. The molecule has 0 unspecified atom stereocenters. The van der Waals surface area contributed by atoms with Crippen molar-refractivity contribution in [1.29, 1.82) is 0 Å². The summed E-state index contributed by atoms with van der Waals surface area (Å²) in [5.74, 6) is 0.907. The van der Waals surface area contributed by atoms with Crippen LogP contribution in [0.3, 0.4) is 0 Å². The van der Waals surface area contributed by atoms with Crippen molar-refractivity contribution in [3.8, 4) is 28.5 Å². The number of aromatic nitrogens is 4. The molecule has 238 valence electrons. The van der Waals surface area contributed by atoms with Crippen LogP contribution >= 0.6 is 0 Å². The van der Waals surface area contributed by atoms with Gasteiger partial charge in [0.1, 0.15) is 5.82 Å². The fraction of sp³-hybridized carbons (Fsp3) is 0. The van der Waals surface area contributed by atoms with E-state index in [0.29, 0.717) is 0 Å². The number of para-hydroxylation sites is 4. The van der Waals surface area contributed by atoms with Gasteiger partial charge in [0.25, 0.3) is 0 Å². The Balaban J connectivity index is 1.18. The molecule has 0 fully saturated rings. The highest BCUT2D eigenvalue weighted by Crippen LogP contribution is 2.40. The second-order valence-corrected chi connectivity index (χ2v) is 13.2. The minimum absolute atomic E-state index is 0.907. The van der Waals surface area contributed by atoms with Gasteiger partial charge >= 0.3 is 0 Å². The first-order chi connectivity index (χ1) is 25.3. The molecule has 4 nitrogen and oxygen atoms in total. The lowest BCUT2D eigenvalue weighted by Crippen LogP contribution is -1.99. The van der Waals surface area contributed by atoms with Crippen LogP contribution in [-0.4, -0.2) is 18.7 Å². The molecule has 51 heavy (non-hydrogen) atoms. The van der Waals surface area contributed by atoms with Gasteiger partial charge in [-0.05, 0) is 66.7 Å². The highest BCUT2D eigenvalue weighted by molar-refractivity contribution is 6.19. The molecule has 0 spiro atoms. The van der Waals surface area contributed by atoms with Crippen LogP contribution in [0.2, 0.25) is 0 Å². The Kier molecular flexibility index (Phi) is 5.92. The van der Waals surface area contributed by atoms with E-state index >= 15 is 0 Å². The first-order valence-corrected chi connectivity index (χ1v) is 17.4. The summed E-state index contributed by atoms with van der Waals surface area (Å²) in [4.78, 5) is 5.21. The Hall–Kier alpha value is -6.91. The average molecular weight is 651 g/mol. The van der Waals surface area contributed by atoms with E-state index in [1.165, 1.54) is 54.4 Å². The molecule has 0 aliphatic rings. The van der Waals surface area contributed by atoms with E-state index < -0.39 is 0 Å². The number of rotatable bonds is 4. The molecule has 11 aromatic rings. The largest absolute Gasteiger partial charge is 0.309 e. The second kappa shape index (κ2) is 10.8. The summed E-state index contributed by atoms with van der Waals surface area (Å²) < 4.78 is 7.15. The van der Waals surface area contributed by atoms with Gasteiger partial charge in [0.05, 0.1) is 38.8 Å². The minimum Gasteiger partial charge on any atom is -0.309 e. The first kappa shape index (κ1) is 28.0. The van der Waals surface area contributed by atoms with E-state index in [-0.39, 0.29) is 0 Å². The van der Waals surface area contributed by atoms with Crippen LogP contribution in [0, 0.1) is 0 Å². The number of hydrogen-bond acceptors (Lipinski definition) is 1. The fourth-order valence-electron chi connectivity index (χ4n) is 8.24. The zero-order chi connectivity index (χ0) is 33.5. The molecule has 4 aromatic heterocycles. The van der Waals surface area contributed by atoms with Crippen LogP contribution in [0.5, 0.6) is 0 Å². The van der Waals surface area contributed by atoms with Gasteiger partial charge in [-0.25, -0.2) is 4.98 Å². The van der Waals surface area contributed by atoms with Crippen LogP contribution in [-0.2, 0) is 0 Å². The van der Waals surface area contributed by atoms with Crippen molar-refractivity contribution in [3.05, 3.63) is 182 Å². The molecule has 0 atom stereocenters. The van der Waals surface area contributed by atoms with Crippen LogP contribution in [0.1, 0.15) is 0 Å². The molecule has 11 rings (SSSR count). The summed E-state index contributed by atoms with van der Waals surface area (Å²) in [6.45, 7) is 0. The van der Waals surface area contributed by atoms with Crippen molar-refractivity contribution in [2.24, 2.45) is 0 Å². The van der Waals surface area contributed by atoms with Gasteiger partial charge in [0.15, 0.2) is 0 Å². The SMILES string of the molecule is c1ccc(-c2cccc(-n3c4ccccc4c4cc5c(cc43)c3ccccc3n5-c3cccc(-n4c5ccccc5c5ccccc54)c3)n2)cc1. The van der Waals surface area contributed by atoms with Gasteiger partial charge in [-0.2, -0.15) is 0 Å². The molecule has 0 amide bonds. The third kappa shape index (κ3) is 4.11. The Morgan fingerprint density at radius 3 is 1.29 bits per heavy atom. The fourth-order valence-corrected chi connectivity index (χ4v) is 8.24. The van der Waals surface area contributed by atoms with Crippen molar-refractivity contribution < 1.29 is 0 Å². The number of hydrogen-bond donors (Lipinski definition) is 0. The monoisotopic (exact) mass is 650 g/mol. The Morgan fingerprint density at radius 2 is 0.725 bits per heavy atom. The van der Waals surface area contributed by atoms with E-state index in [1.807, 2.05) is 6.07 Å². The molecule has 4 heteroatoms. The Labute approximate surface area is 293 Å². The lowest BCUT2D eigenvalue weighted by molar-refractivity contribution is 1.08. The highest BCUT2D eigenvalue weighted by atomic mass is 15.1. The van der Waals surface area contributed by atoms with E-state index in [4.69, 9.17) is 4.98 Å². The van der Waals surface area contributed by atoms with Gasteiger partial charge in [-0.15, -0.1) is 0 Å². The summed E-state index contributed by atoms with van der Waals surface area (Å²) >= 11 is 0. The highest BCUT2D eigenvalue weighted by Gasteiger charge is 2.20. The van der Waals surface area contributed by atoms with Gasteiger partial charge < -0.3 is 9.13 Å². The maximum absolute atomic E-state index is 5.21. The van der Waals surface area contributed by atoms with Crippen LogP contribution < -0.4 is 0 Å². The molecule has 0 bridgehead atoms. The van der Waals surface area contributed by atoms with E-state index in [1.54, 1.807) is 0 Å². The van der Waals surface area contributed by atoms with Gasteiger partial charge in [0.2, 0.25) is 0 Å². The van der Waals surface area contributed by atoms with Crippen molar-refractivity contribution in [2.45, 2.75) is 0 Å². The van der Waals surface area contributed by atoms with Crippen molar-refractivity contribution >= 4 is 65.4 Å². The first-order valence-electron chi connectivity index (χ1n) is 17.4. The molecule has 0 aliphatic heterocycles. The standard InChI is InChI=1S/C47H30N4/c1-2-14-31(15-3-1)40-22-13-27-47(48-40)51-44-26-11-7-21-37(44)39-29-45-38(30-46(39)51)36-20-6-10-25-43(36)50(45)33-17-12-16-32(28-33)49-41-23-8-4-18-34(41)35-19-5-9-24-42(35)49/h1-30H. The van der Waals surface area contributed by atoms with Crippen molar-refractivity contribution in [3.63, 3.8) is 0 Å². The second-order valence-electron chi connectivity index (χ2n) is 13.2. The van der Waals surface area contributed by atoms with E-state index in [0.717, 1.165) is 39.5 Å². The smallest absolute Gasteiger partial charge is 0.138 e. The lowest BCUT2D eigenvalue weighted by atomic mass is 10.1. The maximum Gasteiger partial charge on any atom is 0.138 e. The predicted octanol–water partition coefficient (Wildman–Crippen LogP) is 12.0. The molecule has 0 saturated heterocycles. The molecule has 0 radical (unpaired) electrons. The third-order valence-corrected chi connectivity index (χ3v) is 10.4. The van der Waals surface area contributed by atoms with E-state index in [2.05, 4.69) is 190 Å². The number of pyridine rings is 1. The van der Waals surface area contributed by atoms with Gasteiger partial charge in [-0.1, -0.05) is 115 Å². The quantitative estimate of drug-likeness (QED) is 0.186. The predicted molar refractivity (Wildman–Crippen MR) is 213 cm³/mol. The summed E-state index contributed by atoms with van der Waals surface area (Å²) in [6.07, 6.45) is 0. The molecule has 0 saturated carbocycles. The molecule has 7 aromatic carbocycles. The summed E-state index contributed by atoms with van der Waals surface area (Å²) in [5.41, 5.74) is 11.4. The molecule has 0 aliphatic carbocycles. The topological polar surface area (TPSA) is 27.7 Å². The zero-order valence-electron chi connectivity index (χ0n) is 27.6. The Bertz CT molecular complexity index is 3090. The summed E-state index contributed by atoms with van der Waals surface area (Å²) in [7, 11) is 0. The molecule has 0 N–H and O–H groups in total. The lowest BCUT2D eigenvalue weighted by Gasteiger charge is -2.13. The zero-order valence-corrected chi connectivity index (χ0v) is 27.6. The number of fused-ring (bicyclic) bond motifs is 9. The van der Waals surface area contributed by atoms with Gasteiger partial charge in [0, 0.05) is 49.3 Å². The minimum atomic E-state index is 0.907.